The number of benzene rings is 2. The normalized spacial score (nSPS) is 18.6. The minimum absolute atomic E-state index is 0.00777. The van der Waals surface area contributed by atoms with Crippen molar-refractivity contribution in [2.45, 2.75) is 19.3 Å². The van der Waals surface area contributed by atoms with E-state index >= 15 is 0 Å². The van der Waals surface area contributed by atoms with E-state index in [1.807, 2.05) is 43.3 Å². The Labute approximate surface area is 140 Å². The Hall–Kier alpha value is -2.56. The lowest BCUT2D eigenvalue weighted by Crippen LogP contribution is -2.33. The van der Waals surface area contributed by atoms with Gasteiger partial charge in [-0.05, 0) is 41.8 Å². The van der Waals surface area contributed by atoms with Crippen LogP contribution < -0.4 is 4.74 Å². The fourth-order valence-electron chi connectivity index (χ4n) is 3.22. The van der Waals surface area contributed by atoms with Gasteiger partial charge < -0.3 is 14.7 Å². The third kappa shape index (κ3) is 3.07. The molecule has 1 aliphatic heterocycles. The lowest BCUT2D eigenvalue weighted by atomic mass is 9.96. The lowest BCUT2D eigenvalue weighted by Gasteiger charge is -2.21. The average molecular weight is 327 g/mol. The predicted molar refractivity (Wildman–Crippen MR) is 91.2 cm³/mol. The summed E-state index contributed by atoms with van der Waals surface area (Å²) >= 11 is 0. The third-order valence-electron chi connectivity index (χ3n) is 4.79. The second-order valence-corrected chi connectivity index (χ2v) is 6.30. The summed E-state index contributed by atoms with van der Waals surface area (Å²) in [4.78, 5) is 25.4. The molecule has 3 rings (SSSR count). The molecule has 126 valence electrons. The van der Waals surface area contributed by atoms with Crippen LogP contribution in [0.25, 0.3) is 10.8 Å². The van der Waals surface area contributed by atoms with E-state index in [9.17, 15) is 9.59 Å². The van der Waals surface area contributed by atoms with Crippen molar-refractivity contribution in [3.63, 3.8) is 0 Å². The number of ether oxygens (including phenoxy) is 1. The molecule has 2 atom stereocenters. The molecular weight excluding hydrogens is 306 g/mol. The van der Waals surface area contributed by atoms with E-state index in [1.165, 1.54) is 0 Å². The molecule has 24 heavy (non-hydrogen) atoms. The molecule has 1 amide bonds. The number of nitrogens with zero attached hydrogens (tertiary/aromatic N) is 1. The monoisotopic (exact) mass is 327 g/mol. The Bertz CT molecular complexity index is 786. The quantitative estimate of drug-likeness (QED) is 0.937. The fraction of sp³-hybridized carbons (Fsp3) is 0.368. The molecule has 2 aromatic carbocycles. The summed E-state index contributed by atoms with van der Waals surface area (Å²) in [6.07, 6.45) is 0.533. The van der Waals surface area contributed by atoms with Crippen LogP contribution >= 0.6 is 0 Å². The average Bonchev–Trinajstić information content (AvgIpc) is 3.10. The first kappa shape index (κ1) is 16.3. The molecule has 1 fully saturated rings. The standard InChI is InChI=1S/C19H21NO4/c1-12(18(21)20-8-7-16(11-20)19(22)23)13-3-4-15-10-17(24-2)6-5-14(15)9-13/h3-6,9-10,12,16H,7-8,11H2,1-2H3,(H,22,23). The molecule has 5 nitrogen and oxygen atoms in total. The second kappa shape index (κ2) is 6.51. The summed E-state index contributed by atoms with van der Waals surface area (Å²) in [7, 11) is 1.64. The number of hydrogen-bond acceptors (Lipinski definition) is 3. The SMILES string of the molecule is COc1ccc2cc(C(C)C(=O)N3CCC(C(=O)O)C3)ccc2c1. The van der Waals surface area contributed by atoms with E-state index < -0.39 is 11.9 Å². The first-order valence-corrected chi connectivity index (χ1v) is 8.09. The van der Waals surface area contributed by atoms with E-state index in [1.54, 1.807) is 12.0 Å². The van der Waals surface area contributed by atoms with Crippen molar-refractivity contribution in [2.24, 2.45) is 5.92 Å². The molecular formula is C19H21NO4. The fourth-order valence-corrected chi connectivity index (χ4v) is 3.22. The van der Waals surface area contributed by atoms with Gasteiger partial charge in [0.15, 0.2) is 0 Å². The van der Waals surface area contributed by atoms with Gasteiger partial charge in [0, 0.05) is 13.1 Å². The van der Waals surface area contributed by atoms with Crippen molar-refractivity contribution < 1.29 is 19.4 Å². The number of likely N-dealkylation sites (tertiary alicyclic amines) is 1. The van der Waals surface area contributed by atoms with Gasteiger partial charge in [0.2, 0.25) is 5.91 Å². The number of hydrogen-bond donors (Lipinski definition) is 1. The maximum absolute atomic E-state index is 12.7. The van der Waals surface area contributed by atoms with Crippen molar-refractivity contribution in [3.8, 4) is 5.75 Å². The number of carboxylic acid groups (broad SMARTS) is 1. The first-order valence-electron chi connectivity index (χ1n) is 8.09. The van der Waals surface area contributed by atoms with Crippen LogP contribution in [-0.4, -0.2) is 42.1 Å². The van der Waals surface area contributed by atoms with Gasteiger partial charge in [-0.25, -0.2) is 0 Å². The van der Waals surface area contributed by atoms with Crippen LogP contribution in [0.1, 0.15) is 24.8 Å². The van der Waals surface area contributed by atoms with E-state index in [4.69, 9.17) is 9.84 Å². The highest BCUT2D eigenvalue weighted by Crippen LogP contribution is 2.27. The predicted octanol–water partition coefficient (Wildman–Crippen LogP) is 2.89. The number of fused-ring (bicyclic) bond motifs is 1. The smallest absolute Gasteiger partial charge is 0.308 e. The number of carboxylic acids is 1. The summed E-state index contributed by atoms with van der Waals surface area (Å²) in [5.41, 5.74) is 0.941. The maximum Gasteiger partial charge on any atom is 0.308 e. The third-order valence-corrected chi connectivity index (χ3v) is 4.79. The topological polar surface area (TPSA) is 66.8 Å². The lowest BCUT2D eigenvalue weighted by molar-refractivity contribution is -0.141. The summed E-state index contributed by atoms with van der Waals surface area (Å²) < 4.78 is 5.23. The van der Waals surface area contributed by atoms with E-state index in [2.05, 4.69) is 0 Å². The van der Waals surface area contributed by atoms with Crippen LogP contribution in [0, 0.1) is 5.92 Å². The highest BCUT2D eigenvalue weighted by Gasteiger charge is 2.33. The zero-order chi connectivity index (χ0) is 17.3. The molecule has 1 aliphatic rings. The van der Waals surface area contributed by atoms with Gasteiger partial charge in [-0.3, -0.25) is 9.59 Å². The van der Waals surface area contributed by atoms with E-state index in [0.29, 0.717) is 19.5 Å². The number of aliphatic carboxylic acids is 1. The Morgan fingerprint density at radius 3 is 2.58 bits per heavy atom. The molecule has 0 bridgehead atoms. The minimum Gasteiger partial charge on any atom is -0.497 e. The van der Waals surface area contributed by atoms with Crippen molar-refractivity contribution in [1.29, 1.82) is 0 Å². The van der Waals surface area contributed by atoms with Crippen molar-refractivity contribution in [2.75, 3.05) is 20.2 Å². The largest absolute Gasteiger partial charge is 0.497 e. The summed E-state index contributed by atoms with van der Waals surface area (Å²) in [6.45, 7) is 2.70. The number of rotatable bonds is 4. The Morgan fingerprint density at radius 1 is 1.21 bits per heavy atom. The molecule has 0 radical (unpaired) electrons. The summed E-state index contributed by atoms with van der Waals surface area (Å²) in [5, 5.41) is 11.2. The number of carbonyl (C=O) groups excluding carboxylic acids is 1. The zero-order valence-electron chi connectivity index (χ0n) is 13.9. The molecule has 2 unspecified atom stereocenters. The van der Waals surface area contributed by atoms with Crippen LogP contribution in [0.3, 0.4) is 0 Å². The highest BCUT2D eigenvalue weighted by atomic mass is 16.5. The van der Waals surface area contributed by atoms with Crippen LogP contribution in [-0.2, 0) is 9.59 Å². The molecule has 0 spiro atoms. The van der Waals surface area contributed by atoms with Crippen LogP contribution in [0.5, 0.6) is 5.75 Å². The molecule has 2 aromatic rings. The van der Waals surface area contributed by atoms with Crippen LogP contribution in [0.15, 0.2) is 36.4 Å². The van der Waals surface area contributed by atoms with Crippen molar-refractivity contribution in [3.05, 3.63) is 42.0 Å². The van der Waals surface area contributed by atoms with Crippen LogP contribution in [0.4, 0.5) is 0 Å². The van der Waals surface area contributed by atoms with Gasteiger partial charge in [-0.15, -0.1) is 0 Å². The molecule has 0 saturated carbocycles. The number of methoxy groups -OCH3 is 1. The Balaban J connectivity index is 1.79. The van der Waals surface area contributed by atoms with Gasteiger partial charge in [0.1, 0.15) is 5.75 Å². The first-order chi connectivity index (χ1) is 11.5. The zero-order valence-corrected chi connectivity index (χ0v) is 13.9. The second-order valence-electron chi connectivity index (χ2n) is 6.30. The summed E-state index contributed by atoms with van der Waals surface area (Å²) in [6, 6.07) is 11.8. The van der Waals surface area contributed by atoms with Gasteiger partial charge >= 0.3 is 5.97 Å². The van der Waals surface area contributed by atoms with Gasteiger partial charge in [0.25, 0.3) is 0 Å². The molecule has 0 aromatic heterocycles. The number of amides is 1. The van der Waals surface area contributed by atoms with E-state index in [0.717, 1.165) is 22.1 Å². The highest BCUT2D eigenvalue weighted by molar-refractivity contribution is 5.88. The molecule has 0 aliphatic carbocycles. The van der Waals surface area contributed by atoms with E-state index in [-0.39, 0.29) is 11.8 Å². The Kier molecular flexibility index (Phi) is 4.42. The van der Waals surface area contributed by atoms with Gasteiger partial charge in [0.05, 0.1) is 18.9 Å². The van der Waals surface area contributed by atoms with Gasteiger partial charge in [-0.1, -0.05) is 24.3 Å². The minimum atomic E-state index is -0.822. The van der Waals surface area contributed by atoms with Crippen molar-refractivity contribution in [1.82, 2.24) is 4.90 Å². The van der Waals surface area contributed by atoms with Gasteiger partial charge in [-0.2, -0.15) is 0 Å². The molecule has 5 heteroatoms. The van der Waals surface area contributed by atoms with Crippen LogP contribution in [0.2, 0.25) is 0 Å². The Morgan fingerprint density at radius 2 is 1.92 bits per heavy atom. The molecule has 1 N–H and O–H groups in total. The summed E-state index contributed by atoms with van der Waals surface area (Å²) in [5.74, 6) is -0.755. The van der Waals surface area contributed by atoms with Crippen molar-refractivity contribution >= 4 is 22.6 Å². The number of carbonyl (C=O) groups is 2. The maximum atomic E-state index is 12.7. The molecule has 1 heterocycles. The molecule has 1 saturated heterocycles.